The van der Waals surface area contributed by atoms with Crippen molar-refractivity contribution in [3.05, 3.63) is 71.8 Å². The van der Waals surface area contributed by atoms with Gasteiger partial charge in [0, 0.05) is 5.56 Å². The summed E-state index contributed by atoms with van der Waals surface area (Å²) in [4.78, 5) is 25.3. The van der Waals surface area contributed by atoms with Crippen molar-refractivity contribution in [1.82, 2.24) is 0 Å². The van der Waals surface area contributed by atoms with Gasteiger partial charge in [-0.2, -0.15) is 0 Å². The fraction of sp³-hybridized carbons (Fsp3) is 0.263. The molecule has 0 bridgehead atoms. The predicted octanol–water partition coefficient (Wildman–Crippen LogP) is 3.68. The molecule has 0 aliphatic rings. The lowest BCUT2D eigenvalue weighted by atomic mass is 9.77. The van der Waals surface area contributed by atoms with Crippen LogP contribution in [0.4, 0.5) is 0 Å². The Bertz CT molecular complexity index is 634. The molecule has 3 heteroatoms. The third-order valence-electron chi connectivity index (χ3n) is 3.66. The van der Waals surface area contributed by atoms with Gasteiger partial charge in [0.2, 0.25) is 0 Å². The monoisotopic (exact) mass is 296 g/mol. The van der Waals surface area contributed by atoms with E-state index >= 15 is 0 Å². The summed E-state index contributed by atoms with van der Waals surface area (Å²) in [6.45, 7) is 3.66. The molecule has 0 aromatic heterocycles. The second kappa shape index (κ2) is 7.03. The first kappa shape index (κ1) is 16.0. The summed E-state index contributed by atoms with van der Waals surface area (Å²) >= 11 is 0. The molecule has 0 saturated heterocycles. The van der Waals surface area contributed by atoms with Gasteiger partial charge in [-0.25, -0.2) is 0 Å². The number of ether oxygens (including phenoxy) is 1. The molecule has 0 saturated carbocycles. The van der Waals surface area contributed by atoms with E-state index in [2.05, 4.69) is 0 Å². The molecule has 0 radical (unpaired) electrons. The van der Waals surface area contributed by atoms with Crippen LogP contribution in [0.25, 0.3) is 0 Å². The lowest BCUT2D eigenvalue weighted by Crippen LogP contribution is -2.40. The van der Waals surface area contributed by atoms with E-state index < -0.39 is 11.4 Å². The molecular formula is C19H20O3. The zero-order chi connectivity index (χ0) is 16.0. The maximum atomic E-state index is 12.9. The van der Waals surface area contributed by atoms with E-state index in [1.807, 2.05) is 36.4 Å². The number of ketones is 1. The van der Waals surface area contributed by atoms with Gasteiger partial charge in [-0.3, -0.25) is 9.59 Å². The lowest BCUT2D eigenvalue weighted by molar-refractivity contribution is -0.151. The molecule has 0 N–H and O–H groups in total. The molecule has 0 amide bonds. The Hall–Kier alpha value is -2.42. The van der Waals surface area contributed by atoms with Crippen LogP contribution in [0.5, 0.6) is 0 Å². The molecule has 0 heterocycles. The Kier molecular flexibility index (Phi) is 5.10. The Labute approximate surface area is 130 Å². The van der Waals surface area contributed by atoms with E-state index in [0.717, 1.165) is 5.56 Å². The molecule has 0 aliphatic carbocycles. The third-order valence-corrected chi connectivity index (χ3v) is 3.66. The van der Waals surface area contributed by atoms with Crippen molar-refractivity contribution in [2.45, 2.75) is 20.3 Å². The van der Waals surface area contributed by atoms with Gasteiger partial charge in [-0.1, -0.05) is 60.7 Å². The van der Waals surface area contributed by atoms with Crippen molar-refractivity contribution in [1.29, 1.82) is 0 Å². The zero-order valence-electron chi connectivity index (χ0n) is 12.9. The standard InChI is InChI=1S/C19H20O3/c1-3-22-18(21)19(2,14-15-10-6-4-7-11-15)17(20)16-12-8-5-9-13-16/h4-13H,3,14H2,1-2H3. The van der Waals surface area contributed by atoms with Gasteiger partial charge in [-0.05, 0) is 25.8 Å². The minimum absolute atomic E-state index is 0.213. The van der Waals surface area contributed by atoms with E-state index in [1.165, 1.54) is 0 Å². The zero-order valence-corrected chi connectivity index (χ0v) is 12.9. The van der Waals surface area contributed by atoms with Crippen molar-refractivity contribution < 1.29 is 14.3 Å². The highest BCUT2D eigenvalue weighted by atomic mass is 16.5. The van der Waals surface area contributed by atoms with Crippen molar-refractivity contribution in [3.63, 3.8) is 0 Å². The van der Waals surface area contributed by atoms with Crippen LogP contribution >= 0.6 is 0 Å². The van der Waals surface area contributed by atoms with E-state index in [4.69, 9.17) is 4.74 Å². The van der Waals surface area contributed by atoms with Crippen LogP contribution in [0, 0.1) is 5.41 Å². The topological polar surface area (TPSA) is 43.4 Å². The van der Waals surface area contributed by atoms with Gasteiger partial charge in [0.15, 0.2) is 5.78 Å². The van der Waals surface area contributed by atoms with Crippen molar-refractivity contribution in [2.24, 2.45) is 5.41 Å². The summed E-state index contributed by atoms with van der Waals surface area (Å²) in [6.07, 6.45) is 0.320. The van der Waals surface area contributed by atoms with Crippen LogP contribution in [-0.4, -0.2) is 18.4 Å². The average molecular weight is 296 g/mol. The highest BCUT2D eigenvalue weighted by Crippen LogP contribution is 2.29. The normalized spacial score (nSPS) is 13.2. The Morgan fingerprint density at radius 1 is 0.955 bits per heavy atom. The molecule has 0 aliphatic heterocycles. The van der Waals surface area contributed by atoms with Gasteiger partial charge >= 0.3 is 5.97 Å². The molecule has 1 unspecified atom stereocenters. The van der Waals surface area contributed by atoms with Crippen LogP contribution in [0.2, 0.25) is 0 Å². The van der Waals surface area contributed by atoms with Gasteiger partial charge in [0.05, 0.1) is 6.61 Å². The third kappa shape index (κ3) is 3.42. The second-order valence-corrected chi connectivity index (χ2v) is 5.41. The summed E-state index contributed by atoms with van der Waals surface area (Å²) in [5.74, 6) is -0.692. The molecule has 0 spiro atoms. The maximum Gasteiger partial charge on any atom is 0.320 e. The van der Waals surface area contributed by atoms with E-state index in [9.17, 15) is 9.59 Å². The lowest BCUT2D eigenvalue weighted by Gasteiger charge is -2.26. The van der Waals surface area contributed by atoms with Crippen molar-refractivity contribution in [2.75, 3.05) is 6.61 Å². The quantitative estimate of drug-likeness (QED) is 0.464. The maximum absolute atomic E-state index is 12.9. The summed E-state index contributed by atoms with van der Waals surface area (Å²) in [5, 5.41) is 0. The first-order valence-corrected chi connectivity index (χ1v) is 7.39. The van der Waals surface area contributed by atoms with Gasteiger partial charge in [-0.15, -0.1) is 0 Å². The summed E-state index contributed by atoms with van der Waals surface area (Å²) in [5.41, 5.74) is 0.231. The fourth-order valence-corrected chi connectivity index (χ4v) is 2.45. The fourth-order valence-electron chi connectivity index (χ4n) is 2.45. The van der Waals surface area contributed by atoms with E-state index in [1.54, 1.807) is 38.1 Å². The van der Waals surface area contributed by atoms with Gasteiger partial charge in [0.1, 0.15) is 5.41 Å². The summed E-state index contributed by atoms with van der Waals surface area (Å²) < 4.78 is 5.16. The predicted molar refractivity (Wildman–Crippen MR) is 85.7 cm³/mol. The summed E-state index contributed by atoms with van der Waals surface area (Å²) in [6, 6.07) is 18.4. The van der Waals surface area contributed by atoms with E-state index in [-0.39, 0.29) is 12.4 Å². The number of benzene rings is 2. The first-order chi connectivity index (χ1) is 10.6. The molecule has 1 atom stereocenters. The highest BCUT2D eigenvalue weighted by molar-refractivity contribution is 6.12. The average Bonchev–Trinajstić information content (AvgIpc) is 2.56. The molecule has 114 valence electrons. The molecule has 2 aromatic rings. The first-order valence-electron chi connectivity index (χ1n) is 7.39. The van der Waals surface area contributed by atoms with Crippen molar-refractivity contribution >= 4 is 11.8 Å². The van der Waals surface area contributed by atoms with E-state index in [0.29, 0.717) is 12.0 Å². The second-order valence-electron chi connectivity index (χ2n) is 5.41. The Morgan fingerprint density at radius 2 is 1.50 bits per heavy atom. The smallest absolute Gasteiger partial charge is 0.320 e. The Morgan fingerprint density at radius 3 is 2.05 bits per heavy atom. The van der Waals surface area contributed by atoms with Crippen LogP contribution in [0.1, 0.15) is 29.8 Å². The largest absolute Gasteiger partial charge is 0.465 e. The summed E-state index contributed by atoms with van der Waals surface area (Å²) in [7, 11) is 0. The molecular weight excluding hydrogens is 276 g/mol. The molecule has 3 nitrogen and oxygen atoms in total. The van der Waals surface area contributed by atoms with Crippen LogP contribution in [0.3, 0.4) is 0 Å². The van der Waals surface area contributed by atoms with Gasteiger partial charge in [0.25, 0.3) is 0 Å². The highest BCUT2D eigenvalue weighted by Gasteiger charge is 2.42. The van der Waals surface area contributed by atoms with Gasteiger partial charge < -0.3 is 4.74 Å². The number of esters is 1. The number of carbonyl (C=O) groups excluding carboxylic acids is 2. The minimum atomic E-state index is -1.22. The number of hydrogen-bond donors (Lipinski definition) is 0. The molecule has 22 heavy (non-hydrogen) atoms. The minimum Gasteiger partial charge on any atom is -0.465 e. The van der Waals surface area contributed by atoms with Crippen LogP contribution in [0.15, 0.2) is 60.7 Å². The Balaban J connectivity index is 2.37. The van der Waals surface area contributed by atoms with Crippen LogP contribution < -0.4 is 0 Å². The SMILES string of the molecule is CCOC(=O)C(C)(Cc1ccccc1)C(=O)c1ccccc1. The molecule has 0 fully saturated rings. The van der Waals surface area contributed by atoms with Crippen LogP contribution in [-0.2, 0) is 16.0 Å². The number of carbonyl (C=O) groups is 2. The number of hydrogen-bond acceptors (Lipinski definition) is 3. The number of Topliss-reactive ketones (excluding diaryl/α,β-unsaturated/α-hetero) is 1. The molecule has 2 rings (SSSR count). The number of rotatable bonds is 6. The van der Waals surface area contributed by atoms with Crippen molar-refractivity contribution in [3.8, 4) is 0 Å². The molecule has 2 aromatic carbocycles.